The number of benzene rings is 1. The standard InChI is InChI=1S/C22H25N5O/c1-17-23-13-15-27(17)22-21(24-11-12-25-22)19-8-5-14-26(16-19)20(28)10-9-18-6-3-2-4-7-18/h2-4,6-7,11-13,15,19H,5,8-10,14,16H2,1H3/t19-/m1/s1. The Kier molecular flexibility index (Phi) is 5.46. The van der Waals surface area contributed by atoms with Gasteiger partial charge in [-0.2, -0.15) is 0 Å². The maximum absolute atomic E-state index is 12.8. The highest BCUT2D eigenvalue weighted by Gasteiger charge is 2.28. The van der Waals surface area contributed by atoms with Crippen LogP contribution in [0.3, 0.4) is 0 Å². The second-order valence-corrected chi connectivity index (χ2v) is 7.27. The van der Waals surface area contributed by atoms with E-state index in [9.17, 15) is 4.79 Å². The van der Waals surface area contributed by atoms with Crippen molar-refractivity contribution in [2.24, 2.45) is 0 Å². The highest BCUT2D eigenvalue weighted by Crippen LogP contribution is 2.29. The van der Waals surface area contributed by atoms with Gasteiger partial charge in [0.25, 0.3) is 0 Å². The van der Waals surface area contributed by atoms with Crippen molar-refractivity contribution in [3.8, 4) is 5.82 Å². The summed E-state index contributed by atoms with van der Waals surface area (Å²) in [5.41, 5.74) is 2.15. The predicted molar refractivity (Wildman–Crippen MR) is 107 cm³/mol. The molecule has 6 heteroatoms. The maximum Gasteiger partial charge on any atom is 0.222 e. The number of rotatable bonds is 5. The maximum atomic E-state index is 12.8. The fourth-order valence-electron chi connectivity index (χ4n) is 3.90. The van der Waals surface area contributed by atoms with E-state index in [1.54, 1.807) is 18.6 Å². The molecule has 1 aliphatic rings. The lowest BCUT2D eigenvalue weighted by Crippen LogP contribution is -2.39. The monoisotopic (exact) mass is 375 g/mol. The Balaban J connectivity index is 1.47. The molecule has 28 heavy (non-hydrogen) atoms. The van der Waals surface area contributed by atoms with E-state index in [1.165, 1.54) is 5.56 Å². The molecule has 1 amide bonds. The summed E-state index contributed by atoms with van der Waals surface area (Å²) >= 11 is 0. The van der Waals surface area contributed by atoms with Crippen LogP contribution < -0.4 is 0 Å². The molecule has 3 heterocycles. The zero-order chi connectivity index (χ0) is 19.3. The average Bonchev–Trinajstić information content (AvgIpc) is 3.18. The summed E-state index contributed by atoms with van der Waals surface area (Å²) in [5.74, 6) is 2.12. The van der Waals surface area contributed by atoms with E-state index in [-0.39, 0.29) is 11.8 Å². The number of amides is 1. The van der Waals surface area contributed by atoms with Gasteiger partial charge in [0.1, 0.15) is 5.82 Å². The number of aryl methyl sites for hydroxylation is 2. The van der Waals surface area contributed by atoms with Gasteiger partial charge in [-0.3, -0.25) is 14.3 Å². The lowest BCUT2D eigenvalue weighted by molar-refractivity contribution is -0.132. The predicted octanol–water partition coefficient (Wildman–Crippen LogP) is 3.31. The van der Waals surface area contributed by atoms with Gasteiger partial charge in [-0.05, 0) is 31.7 Å². The second-order valence-electron chi connectivity index (χ2n) is 7.27. The topological polar surface area (TPSA) is 63.9 Å². The van der Waals surface area contributed by atoms with E-state index in [4.69, 9.17) is 0 Å². The normalized spacial score (nSPS) is 16.9. The van der Waals surface area contributed by atoms with Crippen LogP contribution in [0.25, 0.3) is 5.82 Å². The number of nitrogens with zero attached hydrogens (tertiary/aromatic N) is 5. The molecular weight excluding hydrogens is 350 g/mol. The Morgan fingerprint density at radius 3 is 2.71 bits per heavy atom. The molecule has 1 aromatic carbocycles. The van der Waals surface area contributed by atoms with Gasteiger partial charge in [0.2, 0.25) is 5.91 Å². The highest BCUT2D eigenvalue weighted by molar-refractivity contribution is 5.76. The lowest BCUT2D eigenvalue weighted by Gasteiger charge is -2.33. The van der Waals surface area contributed by atoms with Gasteiger partial charge in [-0.1, -0.05) is 30.3 Å². The molecule has 0 spiro atoms. The van der Waals surface area contributed by atoms with Crippen molar-refractivity contribution in [2.75, 3.05) is 13.1 Å². The smallest absolute Gasteiger partial charge is 0.222 e. The molecule has 0 aliphatic carbocycles. The summed E-state index contributed by atoms with van der Waals surface area (Å²) in [4.78, 5) is 28.3. The molecule has 6 nitrogen and oxygen atoms in total. The van der Waals surface area contributed by atoms with E-state index in [1.807, 2.05) is 40.8 Å². The molecule has 0 saturated carbocycles. The van der Waals surface area contributed by atoms with Crippen LogP contribution in [-0.2, 0) is 11.2 Å². The molecule has 1 aliphatic heterocycles. The fourth-order valence-corrected chi connectivity index (χ4v) is 3.90. The van der Waals surface area contributed by atoms with Crippen LogP contribution in [-0.4, -0.2) is 43.4 Å². The van der Waals surface area contributed by atoms with Gasteiger partial charge in [0, 0.05) is 50.2 Å². The molecule has 0 unspecified atom stereocenters. The molecular formula is C22H25N5O. The third-order valence-electron chi connectivity index (χ3n) is 5.39. The summed E-state index contributed by atoms with van der Waals surface area (Å²) < 4.78 is 1.97. The Morgan fingerprint density at radius 1 is 1.11 bits per heavy atom. The number of hydrogen-bond acceptors (Lipinski definition) is 4. The van der Waals surface area contributed by atoms with Crippen LogP contribution >= 0.6 is 0 Å². The quantitative estimate of drug-likeness (QED) is 0.686. The van der Waals surface area contributed by atoms with Crippen molar-refractivity contribution < 1.29 is 4.79 Å². The number of hydrogen-bond donors (Lipinski definition) is 0. The summed E-state index contributed by atoms with van der Waals surface area (Å²) in [6.45, 7) is 3.48. The Hall–Kier alpha value is -3.02. The fraction of sp³-hybridized carbons (Fsp3) is 0.364. The molecule has 1 atom stereocenters. The minimum Gasteiger partial charge on any atom is -0.342 e. The van der Waals surface area contributed by atoms with E-state index in [0.29, 0.717) is 13.0 Å². The molecule has 4 rings (SSSR count). The average molecular weight is 375 g/mol. The van der Waals surface area contributed by atoms with E-state index < -0.39 is 0 Å². The number of carbonyl (C=O) groups excluding carboxylic acids is 1. The van der Waals surface area contributed by atoms with Crippen LogP contribution in [0.4, 0.5) is 0 Å². The van der Waals surface area contributed by atoms with Crippen molar-refractivity contribution in [3.63, 3.8) is 0 Å². The van der Waals surface area contributed by atoms with E-state index >= 15 is 0 Å². The summed E-state index contributed by atoms with van der Waals surface area (Å²) in [7, 11) is 0. The highest BCUT2D eigenvalue weighted by atomic mass is 16.2. The van der Waals surface area contributed by atoms with Gasteiger partial charge in [0.15, 0.2) is 5.82 Å². The zero-order valence-corrected chi connectivity index (χ0v) is 16.2. The first-order valence-corrected chi connectivity index (χ1v) is 9.85. The first-order valence-electron chi connectivity index (χ1n) is 9.85. The van der Waals surface area contributed by atoms with Crippen LogP contribution in [0, 0.1) is 6.92 Å². The Bertz CT molecular complexity index is 937. The number of aromatic nitrogens is 4. The summed E-state index contributed by atoms with van der Waals surface area (Å²) in [6.07, 6.45) is 10.5. The second kappa shape index (κ2) is 8.33. The van der Waals surface area contributed by atoms with Gasteiger partial charge in [-0.25, -0.2) is 9.97 Å². The lowest BCUT2D eigenvalue weighted by atomic mass is 9.93. The van der Waals surface area contributed by atoms with Gasteiger partial charge < -0.3 is 4.90 Å². The number of carbonyl (C=O) groups is 1. The van der Waals surface area contributed by atoms with Crippen molar-refractivity contribution in [2.45, 2.75) is 38.5 Å². The third-order valence-corrected chi connectivity index (χ3v) is 5.39. The molecule has 0 bridgehead atoms. The molecule has 144 valence electrons. The molecule has 0 N–H and O–H groups in total. The van der Waals surface area contributed by atoms with E-state index in [0.717, 1.165) is 43.1 Å². The minimum absolute atomic E-state index is 0.194. The molecule has 1 fully saturated rings. The van der Waals surface area contributed by atoms with Crippen LogP contribution in [0.1, 0.15) is 42.3 Å². The molecule has 3 aromatic rings. The van der Waals surface area contributed by atoms with Crippen molar-refractivity contribution >= 4 is 5.91 Å². The van der Waals surface area contributed by atoms with E-state index in [2.05, 4.69) is 27.1 Å². The Morgan fingerprint density at radius 2 is 1.93 bits per heavy atom. The minimum atomic E-state index is 0.194. The summed E-state index contributed by atoms with van der Waals surface area (Å²) in [5, 5.41) is 0. The number of piperidine rings is 1. The molecule has 1 saturated heterocycles. The van der Waals surface area contributed by atoms with Crippen molar-refractivity contribution in [1.82, 2.24) is 24.4 Å². The Labute approximate surface area is 165 Å². The van der Waals surface area contributed by atoms with Gasteiger partial charge in [0.05, 0.1) is 5.69 Å². The van der Waals surface area contributed by atoms with Crippen molar-refractivity contribution in [3.05, 3.63) is 72.2 Å². The first-order chi connectivity index (χ1) is 13.7. The van der Waals surface area contributed by atoms with Crippen LogP contribution in [0.15, 0.2) is 55.1 Å². The first kappa shape index (κ1) is 18.3. The largest absolute Gasteiger partial charge is 0.342 e. The van der Waals surface area contributed by atoms with Crippen LogP contribution in [0.5, 0.6) is 0 Å². The van der Waals surface area contributed by atoms with Crippen molar-refractivity contribution in [1.29, 1.82) is 0 Å². The van der Waals surface area contributed by atoms with Gasteiger partial charge in [-0.15, -0.1) is 0 Å². The third kappa shape index (κ3) is 3.96. The zero-order valence-electron chi connectivity index (χ0n) is 16.2. The summed E-state index contributed by atoms with van der Waals surface area (Å²) in [6, 6.07) is 10.2. The number of imidazole rings is 1. The molecule has 0 radical (unpaired) electrons. The number of likely N-dealkylation sites (tertiary alicyclic amines) is 1. The van der Waals surface area contributed by atoms with Crippen LogP contribution in [0.2, 0.25) is 0 Å². The molecule has 2 aromatic heterocycles. The van der Waals surface area contributed by atoms with Gasteiger partial charge >= 0.3 is 0 Å². The SMILES string of the molecule is Cc1nccn1-c1nccnc1[C@@H]1CCCN(C(=O)CCc2ccccc2)C1.